The van der Waals surface area contributed by atoms with Crippen LogP contribution in [-0.4, -0.2) is 20.2 Å². The zero-order chi connectivity index (χ0) is 14.9. The Morgan fingerprint density at radius 2 is 2.00 bits per heavy atom. The zero-order valence-electron chi connectivity index (χ0n) is 12.4. The Kier molecular flexibility index (Phi) is 4.05. The normalized spacial score (nSPS) is 16.3. The van der Waals surface area contributed by atoms with Crippen molar-refractivity contribution in [1.29, 1.82) is 0 Å². The Morgan fingerprint density at radius 3 is 2.62 bits per heavy atom. The smallest absolute Gasteiger partial charge is 0.122 e. The van der Waals surface area contributed by atoms with E-state index in [2.05, 4.69) is 58.5 Å². The van der Waals surface area contributed by atoms with Crippen molar-refractivity contribution in [3.63, 3.8) is 0 Å². The molecule has 1 aliphatic rings. The van der Waals surface area contributed by atoms with Gasteiger partial charge in [-0.25, -0.2) is 0 Å². The largest absolute Gasteiger partial charge is 0.496 e. The molecule has 0 aliphatic carbocycles. The molecule has 0 atom stereocenters. The van der Waals surface area contributed by atoms with Crippen LogP contribution in [0, 0.1) is 6.92 Å². The van der Waals surface area contributed by atoms with Gasteiger partial charge in [-0.2, -0.15) is 0 Å². The molecule has 0 bridgehead atoms. The number of methoxy groups -OCH3 is 1. The fourth-order valence-electron chi connectivity index (χ4n) is 3.08. The quantitative estimate of drug-likeness (QED) is 0.908. The maximum absolute atomic E-state index is 5.53. The van der Waals surface area contributed by atoms with E-state index in [4.69, 9.17) is 4.74 Å². The van der Waals surface area contributed by atoms with E-state index >= 15 is 0 Å². The van der Waals surface area contributed by atoms with E-state index in [9.17, 15) is 0 Å². The molecule has 0 spiro atoms. The molecule has 0 saturated carbocycles. The van der Waals surface area contributed by atoms with Crippen molar-refractivity contribution >= 4 is 15.9 Å². The van der Waals surface area contributed by atoms with Gasteiger partial charge < -0.3 is 10.1 Å². The number of benzene rings is 2. The number of halogens is 1. The number of rotatable bonds is 4. The van der Waals surface area contributed by atoms with E-state index < -0.39 is 0 Å². The molecular formula is C18H20BrNO. The second-order valence-corrected chi connectivity index (χ2v) is 6.80. The molecule has 1 N–H and O–H groups in total. The highest BCUT2D eigenvalue weighted by atomic mass is 79.9. The molecule has 1 aliphatic heterocycles. The van der Waals surface area contributed by atoms with Gasteiger partial charge in [-0.1, -0.05) is 45.8 Å². The Balaban J connectivity index is 1.96. The maximum atomic E-state index is 5.53. The van der Waals surface area contributed by atoms with Gasteiger partial charge in [-0.15, -0.1) is 0 Å². The predicted octanol–water partition coefficient (Wildman–Crippen LogP) is 3.85. The lowest BCUT2D eigenvalue weighted by Crippen LogP contribution is -2.58. The fraction of sp³-hybridized carbons (Fsp3) is 0.333. The Hall–Kier alpha value is -1.32. The lowest BCUT2D eigenvalue weighted by Gasteiger charge is -2.44. The summed E-state index contributed by atoms with van der Waals surface area (Å²) in [5.41, 5.74) is 4.18. The minimum atomic E-state index is 0.181. The molecule has 0 radical (unpaired) electrons. The minimum absolute atomic E-state index is 0.181. The molecule has 2 aromatic carbocycles. The van der Waals surface area contributed by atoms with Crippen LogP contribution in [0.4, 0.5) is 0 Å². The second-order valence-electron chi connectivity index (χ2n) is 5.89. The molecule has 0 amide bonds. The number of hydrogen-bond acceptors (Lipinski definition) is 2. The molecule has 2 aromatic rings. The molecule has 0 unspecified atom stereocenters. The Labute approximate surface area is 134 Å². The van der Waals surface area contributed by atoms with Gasteiger partial charge in [0.25, 0.3) is 0 Å². The summed E-state index contributed by atoms with van der Waals surface area (Å²) in [6, 6.07) is 15.1. The topological polar surface area (TPSA) is 21.3 Å². The van der Waals surface area contributed by atoms with Gasteiger partial charge in [0.1, 0.15) is 5.75 Å². The average Bonchev–Trinajstić information content (AvgIpc) is 2.43. The van der Waals surface area contributed by atoms with E-state index in [1.165, 1.54) is 16.7 Å². The molecule has 1 heterocycles. The first kappa shape index (κ1) is 14.6. The van der Waals surface area contributed by atoms with Crippen LogP contribution in [0.15, 0.2) is 46.9 Å². The van der Waals surface area contributed by atoms with Gasteiger partial charge in [0.15, 0.2) is 0 Å². The Bertz CT molecular complexity index is 649. The fourth-order valence-corrected chi connectivity index (χ4v) is 3.49. The molecular weight excluding hydrogens is 326 g/mol. The lowest BCUT2D eigenvalue weighted by molar-refractivity contribution is 0.271. The molecule has 0 aromatic heterocycles. The van der Waals surface area contributed by atoms with Crippen molar-refractivity contribution in [2.45, 2.75) is 18.8 Å². The van der Waals surface area contributed by atoms with Gasteiger partial charge in [0.05, 0.1) is 7.11 Å². The Morgan fingerprint density at radius 1 is 1.19 bits per heavy atom. The van der Waals surface area contributed by atoms with Crippen LogP contribution in [0.2, 0.25) is 0 Å². The lowest BCUT2D eigenvalue weighted by atomic mass is 9.70. The standard InChI is InChI=1S/C18H20BrNO/c1-13-4-3-5-15(8-13)18(11-20-12-18)10-14-9-16(19)6-7-17(14)21-2/h3-9,20H,10-12H2,1-2H3. The predicted molar refractivity (Wildman–Crippen MR) is 90.1 cm³/mol. The van der Waals surface area contributed by atoms with E-state index in [1.54, 1.807) is 7.11 Å². The van der Waals surface area contributed by atoms with Crippen LogP contribution in [-0.2, 0) is 11.8 Å². The van der Waals surface area contributed by atoms with Crippen molar-refractivity contribution in [3.05, 3.63) is 63.6 Å². The van der Waals surface area contributed by atoms with Crippen molar-refractivity contribution in [2.24, 2.45) is 0 Å². The van der Waals surface area contributed by atoms with Gasteiger partial charge in [-0.3, -0.25) is 0 Å². The first-order chi connectivity index (χ1) is 10.1. The van der Waals surface area contributed by atoms with Gasteiger partial charge >= 0.3 is 0 Å². The van der Waals surface area contributed by atoms with Crippen LogP contribution in [0.1, 0.15) is 16.7 Å². The molecule has 21 heavy (non-hydrogen) atoms. The third-order valence-corrected chi connectivity index (χ3v) is 4.82. The number of nitrogens with one attached hydrogen (secondary N) is 1. The highest BCUT2D eigenvalue weighted by molar-refractivity contribution is 9.10. The molecule has 110 valence electrons. The number of hydrogen-bond donors (Lipinski definition) is 1. The van der Waals surface area contributed by atoms with Crippen molar-refractivity contribution in [3.8, 4) is 5.75 Å². The highest BCUT2D eigenvalue weighted by Crippen LogP contribution is 2.36. The average molecular weight is 346 g/mol. The SMILES string of the molecule is COc1ccc(Br)cc1CC1(c2cccc(C)c2)CNC1. The summed E-state index contributed by atoms with van der Waals surface area (Å²) < 4.78 is 6.63. The zero-order valence-corrected chi connectivity index (χ0v) is 14.0. The summed E-state index contributed by atoms with van der Waals surface area (Å²) in [4.78, 5) is 0. The van der Waals surface area contributed by atoms with E-state index in [0.717, 1.165) is 29.7 Å². The molecule has 1 saturated heterocycles. The summed E-state index contributed by atoms with van der Waals surface area (Å²) in [5.74, 6) is 0.970. The second kappa shape index (κ2) is 5.82. The highest BCUT2D eigenvalue weighted by Gasteiger charge is 2.39. The van der Waals surface area contributed by atoms with Crippen molar-refractivity contribution < 1.29 is 4.74 Å². The first-order valence-corrected chi connectivity index (χ1v) is 8.03. The summed E-state index contributed by atoms with van der Waals surface area (Å²) in [6.45, 7) is 4.20. The number of ether oxygens (including phenoxy) is 1. The van der Waals surface area contributed by atoms with E-state index in [1.807, 2.05) is 12.1 Å². The van der Waals surface area contributed by atoms with E-state index in [0.29, 0.717) is 0 Å². The van der Waals surface area contributed by atoms with Crippen molar-refractivity contribution in [1.82, 2.24) is 5.32 Å². The summed E-state index contributed by atoms with van der Waals surface area (Å²) >= 11 is 3.57. The third kappa shape index (κ3) is 2.85. The third-order valence-electron chi connectivity index (χ3n) is 4.33. The number of aryl methyl sites for hydroxylation is 1. The van der Waals surface area contributed by atoms with Crippen LogP contribution < -0.4 is 10.1 Å². The van der Waals surface area contributed by atoms with E-state index in [-0.39, 0.29) is 5.41 Å². The summed E-state index contributed by atoms with van der Waals surface area (Å²) in [5, 5.41) is 3.44. The van der Waals surface area contributed by atoms with Crippen LogP contribution in [0.5, 0.6) is 5.75 Å². The van der Waals surface area contributed by atoms with Crippen molar-refractivity contribution in [2.75, 3.05) is 20.2 Å². The molecule has 3 rings (SSSR count). The maximum Gasteiger partial charge on any atom is 0.122 e. The van der Waals surface area contributed by atoms with Gasteiger partial charge in [-0.05, 0) is 42.7 Å². The molecule has 2 nitrogen and oxygen atoms in total. The summed E-state index contributed by atoms with van der Waals surface area (Å²) in [6.07, 6.45) is 0.992. The van der Waals surface area contributed by atoms with Gasteiger partial charge in [0.2, 0.25) is 0 Å². The van der Waals surface area contributed by atoms with Crippen LogP contribution in [0.3, 0.4) is 0 Å². The monoisotopic (exact) mass is 345 g/mol. The van der Waals surface area contributed by atoms with Gasteiger partial charge in [0, 0.05) is 23.0 Å². The van der Waals surface area contributed by atoms with Crippen LogP contribution in [0.25, 0.3) is 0 Å². The summed E-state index contributed by atoms with van der Waals surface area (Å²) in [7, 11) is 1.74. The molecule has 3 heteroatoms. The molecule has 1 fully saturated rings. The van der Waals surface area contributed by atoms with Crippen LogP contribution >= 0.6 is 15.9 Å². The minimum Gasteiger partial charge on any atom is -0.496 e. The first-order valence-electron chi connectivity index (χ1n) is 7.23.